The first-order valence-corrected chi connectivity index (χ1v) is 11.3. The molecule has 0 saturated heterocycles. The molecule has 19 heavy (non-hydrogen) atoms. The molecular formula is C16H32O2Si. The SMILES string of the molecule is CCC(=O)C(C1CCCCC1)C(C)(C)O[Si](C)(C)C. The Hall–Kier alpha value is -0.153. The summed E-state index contributed by atoms with van der Waals surface area (Å²) in [6.45, 7) is 12.9. The molecule has 1 unspecified atom stereocenters. The highest BCUT2D eigenvalue weighted by molar-refractivity contribution is 6.69. The molecule has 0 heterocycles. The van der Waals surface area contributed by atoms with E-state index in [0.29, 0.717) is 18.1 Å². The molecular weight excluding hydrogens is 252 g/mol. The first-order chi connectivity index (χ1) is 8.67. The van der Waals surface area contributed by atoms with Crippen LogP contribution in [-0.4, -0.2) is 19.7 Å². The Morgan fingerprint density at radius 3 is 2.16 bits per heavy atom. The van der Waals surface area contributed by atoms with E-state index in [-0.39, 0.29) is 11.5 Å². The van der Waals surface area contributed by atoms with Gasteiger partial charge in [-0.05, 0) is 52.2 Å². The van der Waals surface area contributed by atoms with Gasteiger partial charge in [-0.2, -0.15) is 0 Å². The molecule has 0 radical (unpaired) electrons. The molecule has 0 bridgehead atoms. The van der Waals surface area contributed by atoms with Crippen LogP contribution in [0.5, 0.6) is 0 Å². The van der Waals surface area contributed by atoms with E-state index in [0.717, 1.165) is 0 Å². The van der Waals surface area contributed by atoms with Gasteiger partial charge in [-0.25, -0.2) is 0 Å². The zero-order valence-corrected chi connectivity index (χ0v) is 14.7. The fourth-order valence-electron chi connectivity index (χ4n) is 3.76. The zero-order chi connectivity index (χ0) is 14.7. The molecule has 1 aliphatic rings. The minimum Gasteiger partial charge on any atom is -0.412 e. The maximum Gasteiger partial charge on any atom is 0.184 e. The highest BCUT2D eigenvalue weighted by Gasteiger charge is 2.42. The Bertz CT molecular complexity index is 298. The molecule has 0 amide bonds. The van der Waals surface area contributed by atoms with E-state index >= 15 is 0 Å². The fourth-order valence-corrected chi connectivity index (χ4v) is 5.46. The Labute approximate surface area is 120 Å². The lowest BCUT2D eigenvalue weighted by Crippen LogP contribution is -2.49. The molecule has 1 fully saturated rings. The third-order valence-corrected chi connectivity index (χ3v) is 5.27. The van der Waals surface area contributed by atoms with Gasteiger partial charge >= 0.3 is 0 Å². The van der Waals surface area contributed by atoms with Crippen molar-refractivity contribution in [3.63, 3.8) is 0 Å². The van der Waals surface area contributed by atoms with Crippen molar-refractivity contribution < 1.29 is 9.22 Å². The number of ketones is 1. The van der Waals surface area contributed by atoms with Crippen molar-refractivity contribution in [2.24, 2.45) is 11.8 Å². The number of carbonyl (C=O) groups excluding carboxylic acids is 1. The summed E-state index contributed by atoms with van der Waals surface area (Å²) in [4.78, 5) is 12.5. The smallest absolute Gasteiger partial charge is 0.184 e. The van der Waals surface area contributed by atoms with Gasteiger partial charge < -0.3 is 4.43 Å². The molecule has 3 heteroatoms. The van der Waals surface area contributed by atoms with E-state index in [1.807, 2.05) is 6.92 Å². The maximum absolute atomic E-state index is 12.5. The van der Waals surface area contributed by atoms with Crippen molar-refractivity contribution in [1.82, 2.24) is 0 Å². The van der Waals surface area contributed by atoms with Crippen LogP contribution in [0.25, 0.3) is 0 Å². The first kappa shape index (κ1) is 16.9. The van der Waals surface area contributed by atoms with Crippen molar-refractivity contribution in [3.05, 3.63) is 0 Å². The van der Waals surface area contributed by atoms with E-state index in [9.17, 15) is 4.79 Å². The monoisotopic (exact) mass is 284 g/mol. The Balaban J connectivity index is 2.91. The molecule has 2 nitrogen and oxygen atoms in total. The number of hydrogen-bond donors (Lipinski definition) is 0. The lowest BCUT2D eigenvalue weighted by atomic mass is 9.70. The second-order valence-corrected chi connectivity index (χ2v) is 11.9. The van der Waals surface area contributed by atoms with Crippen LogP contribution in [0.15, 0.2) is 0 Å². The van der Waals surface area contributed by atoms with Crippen LogP contribution in [0.1, 0.15) is 59.3 Å². The molecule has 0 spiro atoms. The molecule has 1 saturated carbocycles. The van der Waals surface area contributed by atoms with Crippen molar-refractivity contribution in [2.45, 2.75) is 84.5 Å². The van der Waals surface area contributed by atoms with Gasteiger partial charge in [0.15, 0.2) is 8.32 Å². The van der Waals surface area contributed by atoms with Crippen molar-refractivity contribution in [3.8, 4) is 0 Å². The molecule has 112 valence electrons. The van der Waals surface area contributed by atoms with E-state index in [1.165, 1.54) is 32.1 Å². The number of hydrogen-bond acceptors (Lipinski definition) is 2. The summed E-state index contributed by atoms with van der Waals surface area (Å²) in [5.41, 5.74) is -0.306. The standard InChI is InChI=1S/C16H32O2Si/c1-7-14(17)15(13-11-9-8-10-12-13)16(2,3)18-19(4,5)6/h13,15H,7-12H2,1-6H3. The minimum absolute atomic E-state index is 0.0875. The fraction of sp³-hybridized carbons (Fsp3) is 0.938. The molecule has 0 aromatic carbocycles. The van der Waals surface area contributed by atoms with Crippen LogP contribution in [-0.2, 0) is 9.22 Å². The van der Waals surface area contributed by atoms with Gasteiger partial charge in [0.05, 0.1) is 5.60 Å². The average Bonchev–Trinajstić information content (AvgIpc) is 2.26. The summed E-state index contributed by atoms with van der Waals surface area (Å²) in [5, 5.41) is 0. The van der Waals surface area contributed by atoms with Gasteiger partial charge in [-0.3, -0.25) is 4.79 Å². The summed E-state index contributed by atoms with van der Waals surface area (Å²) in [5.74, 6) is 1.02. The van der Waals surface area contributed by atoms with Crippen LogP contribution < -0.4 is 0 Å². The highest BCUT2D eigenvalue weighted by atomic mass is 28.4. The molecule has 0 aliphatic heterocycles. The topological polar surface area (TPSA) is 26.3 Å². The van der Waals surface area contributed by atoms with Gasteiger partial charge in [0, 0.05) is 12.3 Å². The largest absolute Gasteiger partial charge is 0.412 e. The highest BCUT2D eigenvalue weighted by Crippen LogP contribution is 2.39. The Morgan fingerprint density at radius 1 is 1.21 bits per heavy atom. The summed E-state index contributed by atoms with van der Waals surface area (Å²) < 4.78 is 6.38. The van der Waals surface area contributed by atoms with Crippen LogP contribution in [0.3, 0.4) is 0 Å². The molecule has 0 aromatic rings. The van der Waals surface area contributed by atoms with E-state index in [1.54, 1.807) is 0 Å². The van der Waals surface area contributed by atoms with Crippen LogP contribution in [0.2, 0.25) is 19.6 Å². The van der Waals surface area contributed by atoms with Crippen LogP contribution >= 0.6 is 0 Å². The van der Waals surface area contributed by atoms with Gasteiger partial charge in [0.25, 0.3) is 0 Å². The van der Waals surface area contributed by atoms with E-state index < -0.39 is 8.32 Å². The summed E-state index contributed by atoms with van der Waals surface area (Å²) >= 11 is 0. The van der Waals surface area contributed by atoms with Gasteiger partial charge in [-0.15, -0.1) is 0 Å². The first-order valence-electron chi connectivity index (χ1n) is 7.90. The van der Waals surface area contributed by atoms with Crippen molar-refractivity contribution >= 4 is 14.1 Å². The van der Waals surface area contributed by atoms with Crippen molar-refractivity contribution in [2.75, 3.05) is 0 Å². The van der Waals surface area contributed by atoms with Gasteiger partial charge in [-0.1, -0.05) is 26.2 Å². The molecule has 0 aromatic heterocycles. The lowest BCUT2D eigenvalue weighted by molar-refractivity contribution is -0.133. The predicted octanol–water partition coefficient (Wildman–Crippen LogP) is 4.79. The average molecular weight is 285 g/mol. The zero-order valence-electron chi connectivity index (χ0n) is 13.7. The minimum atomic E-state index is -1.63. The second-order valence-electron chi connectivity index (χ2n) is 7.51. The van der Waals surface area contributed by atoms with Crippen LogP contribution in [0, 0.1) is 11.8 Å². The van der Waals surface area contributed by atoms with E-state index in [4.69, 9.17) is 4.43 Å². The van der Waals surface area contributed by atoms with Crippen molar-refractivity contribution in [1.29, 1.82) is 0 Å². The lowest BCUT2D eigenvalue weighted by Gasteiger charge is -2.43. The summed E-state index contributed by atoms with van der Waals surface area (Å²) in [6, 6.07) is 0. The Morgan fingerprint density at radius 2 is 1.74 bits per heavy atom. The Kier molecular flexibility index (Phi) is 5.81. The summed E-state index contributed by atoms with van der Waals surface area (Å²) in [6.07, 6.45) is 6.94. The maximum atomic E-state index is 12.5. The number of Topliss-reactive ketones (excluding diaryl/α,β-unsaturated/α-hetero) is 1. The van der Waals surface area contributed by atoms with Gasteiger partial charge in [0.1, 0.15) is 5.78 Å². The van der Waals surface area contributed by atoms with E-state index in [2.05, 4.69) is 33.5 Å². The van der Waals surface area contributed by atoms with Crippen LogP contribution in [0.4, 0.5) is 0 Å². The second kappa shape index (κ2) is 6.53. The normalized spacial score (nSPS) is 20.3. The predicted molar refractivity (Wildman–Crippen MR) is 83.9 cm³/mol. The molecule has 1 atom stereocenters. The van der Waals surface area contributed by atoms with Gasteiger partial charge in [0.2, 0.25) is 0 Å². The molecule has 1 rings (SSSR count). The number of carbonyl (C=O) groups is 1. The summed E-state index contributed by atoms with van der Waals surface area (Å²) in [7, 11) is -1.63. The quantitative estimate of drug-likeness (QED) is 0.655. The third-order valence-electron chi connectivity index (χ3n) is 4.13. The third kappa shape index (κ3) is 5.03. The molecule has 1 aliphatic carbocycles. The number of rotatable bonds is 6. The molecule has 0 N–H and O–H groups in total.